The van der Waals surface area contributed by atoms with Crippen LogP contribution in [-0.4, -0.2) is 12.3 Å². The Labute approximate surface area is 84.4 Å². The van der Waals surface area contributed by atoms with Crippen LogP contribution in [0.25, 0.3) is 0 Å². The summed E-state index contributed by atoms with van der Waals surface area (Å²) in [7, 11) is 0. The first kappa shape index (κ1) is 9.41. The molecule has 1 aromatic rings. The summed E-state index contributed by atoms with van der Waals surface area (Å²) in [5.74, 6) is 0. The Kier molecular flexibility index (Phi) is 2.64. The van der Waals surface area contributed by atoms with Crippen molar-refractivity contribution in [3.63, 3.8) is 0 Å². The highest BCUT2D eigenvalue weighted by molar-refractivity contribution is 5.59. The molecule has 0 aromatic heterocycles. The number of ether oxygens (including phenoxy) is 1. The van der Waals surface area contributed by atoms with Crippen LogP contribution in [0.3, 0.4) is 0 Å². The first-order chi connectivity index (χ1) is 6.79. The fourth-order valence-electron chi connectivity index (χ4n) is 1.81. The molecular formula is C12H15NO. The maximum absolute atomic E-state index is 7.14. The van der Waals surface area contributed by atoms with Crippen LogP contribution >= 0.6 is 0 Å². The van der Waals surface area contributed by atoms with Gasteiger partial charge in [-0.05, 0) is 25.3 Å². The Hall–Kier alpha value is -1.15. The third-order valence-corrected chi connectivity index (χ3v) is 2.69. The van der Waals surface area contributed by atoms with Gasteiger partial charge in [0.25, 0.3) is 0 Å². The van der Waals surface area contributed by atoms with Crippen molar-refractivity contribution in [3.05, 3.63) is 35.4 Å². The van der Waals surface area contributed by atoms with Crippen molar-refractivity contribution < 1.29 is 4.74 Å². The summed E-state index contributed by atoms with van der Waals surface area (Å²) in [6.45, 7) is 2.08. The molecule has 1 N–H and O–H groups in total. The van der Waals surface area contributed by atoms with Gasteiger partial charge in [0.15, 0.2) is 0 Å². The highest BCUT2D eigenvalue weighted by Crippen LogP contribution is 2.31. The Bertz CT molecular complexity index is 318. The van der Waals surface area contributed by atoms with Crippen LogP contribution in [-0.2, 0) is 4.74 Å². The molecule has 0 amide bonds. The number of nitrogens with one attached hydrogen (secondary N) is 1. The van der Waals surface area contributed by atoms with Crippen molar-refractivity contribution in [2.75, 3.05) is 0 Å². The second-order valence-electron chi connectivity index (χ2n) is 3.82. The molecule has 2 unspecified atom stereocenters. The summed E-state index contributed by atoms with van der Waals surface area (Å²) in [5.41, 5.74) is 2.51. The zero-order valence-corrected chi connectivity index (χ0v) is 8.36. The third-order valence-electron chi connectivity index (χ3n) is 2.69. The molecule has 2 atom stereocenters. The zero-order valence-electron chi connectivity index (χ0n) is 8.36. The lowest BCUT2D eigenvalue weighted by molar-refractivity contribution is 0.0832. The molecule has 0 saturated carbocycles. The quantitative estimate of drug-likeness (QED) is 0.713. The summed E-state index contributed by atoms with van der Waals surface area (Å²) in [4.78, 5) is 0. The second-order valence-corrected chi connectivity index (χ2v) is 3.82. The van der Waals surface area contributed by atoms with Crippen LogP contribution < -0.4 is 0 Å². The van der Waals surface area contributed by atoms with Gasteiger partial charge in [-0.25, -0.2) is 0 Å². The Morgan fingerprint density at radius 2 is 2.00 bits per heavy atom. The van der Waals surface area contributed by atoms with E-state index in [4.69, 9.17) is 10.1 Å². The van der Waals surface area contributed by atoms with E-state index in [1.54, 1.807) is 0 Å². The largest absolute Gasteiger partial charge is 0.365 e. The molecule has 74 valence electrons. The number of rotatable bonds is 2. The molecule has 2 nitrogen and oxygen atoms in total. The van der Waals surface area contributed by atoms with Crippen molar-refractivity contribution >= 4 is 6.21 Å². The SMILES string of the molecule is Cc1ccc(C2CCC(C=N)O2)cc1. The maximum atomic E-state index is 7.14. The second kappa shape index (κ2) is 3.93. The zero-order chi connectivity index (χ0) is 9.97. The maximum Gasteiger partial charge on any atom is 0.0928 e. The van der Waals surface area contributed by atoms with E-state index in [1.165, 1.54) is 17.3 Å². The minimum atomic E-state index is 0.0290. The standard InChI is InChI=1S/C12H15NO/c1-9-2-4-10(5-3-9)12-7-6-11(8-13)14-12/h2-5,8,11-13H,6-7H2,1H3. The molecule has 0 bridgehead atoms. The van der Waals surface area contributed by atoms with Crippen LogP contribution in [0.2, 0.25) is 0 Å². The van der Waals surface area contributed by atoms with Gasteiger partial charge in [0.05, 0.1) is 12.2 Å². The molecule has 14 heavy (non-hydrogen) atoms. The first-order valence-electron chi connectivity index (χ1n) is 5.02. The lowest BCUT2D eigenvalue weighted by Crippen LogP contribution is -2.06. The Balaban J connectivity index is 2.09. The molecule has 0 aliphatic carbocycles. The van der Waals surface area contributed by atoms with Gasteiger partial charge < -0.3 is 10.1 Å². The summed E-state index contributed by atoms with van der Waals surface area (Å²) in [6, 6.07) is 8.45. The van der Waals surface area contributed by atoms with E-state index in [2.05, 4.69) is 31.2 Å². The molecule has 1 aliphatic heterocycles. The van der Waals surface area contributed by atoms with Gasteiger partial charge in [-0.1, -0.05) is 29.8 Å². The van der Waals surface area contributed by atoms with Crippen LogP contribution in [0.15, 0.2) is 24.3 Å². The van der Waals surface area contributed by atoms with Crippen LogP contribution in [0.4, 0.5) is 0 Å². The average Bonchev–Trinajstić information content (AvgIpc) is 2.67. The van der Waals surface area contributed by atoms with E-state index in [-0.39, 0.29) is 12.2 Å². The van der Waals surface area contributed by atoms with Crippen LogP contribution in [0, 0.1) is 12.3 Å². The molecule has 1 fully saturated rings. The summed E-state index contributed by atoms with van der Waals surface area (Å²) in [5, 5.41) is 7.14. The number of aryl methyl sites for hydroxylation is 1. The Morgan fingerprint density at radius 1 is 1.29 bits per heavy atom. The van der Waals surface area contributed by atoms with Crippen molar-refractivity contribution in [1.82, 2.24) is 0 Å². The number of hydrogen-bond acceptors (Lipinski definition) is 2. The molecule has 1 aliphatic rings. The molecule has 1 aromatic carbocycles. The van der Waals surface area contributed by atoms with Crippen molar-refractivity contribution in [1.29, 1.82) is 5.41 Å². The lowest BCUT2D eigenvalue weighted by Gasteiger charge is -2.11. The van der Waals surface area contributed by atoms with Gasteiger partial charge in [0.2, 0.25) is 0 Å². The predicted molar refractivity (Wildman–Crippen MR) is 56.8 cm³/mol. The molecule has 2 rings (SSSR count). The highest BCUT2D eigenvalue weighted by atomic mass is 16.5. The number of benzene rings is 1. The van der Waals surface area contributed by atoms with E-state index < -0.39 is 0 Å². The van der Waals surface area contributed by atoms with Gasteiger partial charge in [-0.2, -0.15) is 0 Å². The van der Waals surface area contributed by atoms with Gasteiger partial charge >= 0.3 is 0 Å². The molecule has 1 heterocycles. The molecule has 2 heteroatoms. The average molecular weight is 189 g/mol. The smallest absolute Gasteiger partial charge is 0.0928 e. The molecule has 0 spiro atoms. The molecule has 1 saturated heterocycles. The van der Waals surface area contributed by atoms with Crippen LogP contribution in [0.5, 0.6) is 0 Å². The lowest BCUT2D eigenvalue weighted by atomic mass is 10.0. The summed E-state index contributed by atoms with van der Waals surface area (Å²) >= 11 is 0. The van der Waals surface area contributed by atoms with E-state index >= 15 is 0 Å². The fourth-order valence-corrected chi connectivity index (χ4v) is 1.81. The van der Waals surface area contributed by atoms with Gasteiger partial charge in [-0.15, -0.1) is 0 Å². The van der Waals surface area contributed by atoms with Crippen molar-refractivity contribution in [2.24, 2.45) is 0 Å². The monoisotopic (exact) mass is 189 g/mol. The van der Waals surface area contributed by atoms with Crippen molar-refractivity contribution in [2.45, 2.75) is 32.0 Å². The minimum absolute atomic E-state index is 0.0290. The van der Waals surface area contributed by atoms with Gasteiger partial charge in [-0.3, -0.25) is 0 Å². The normalized spacial score (nSPS) is 26.4. The minimum Gasteiger partial charge on any atom is -0.365 e. The van der Waals surface area contributed by atoms with Gasteiger partial charge in [0.1, 0.15) is 0 Å². The van der Waals surface area contributed by atoms with Gasteiger partial charge in [0, 0.05) is 6.21 Å². The highest BCUT2D eigenvalue weighted by Gasteiger charge is 2.24. The fraction of sp³-hybridized carbons (Fsp3) is 0.417. The third kappa shape index (κ3) is 1.85. The Morgan fingerprint density at radius 3 is 2.57 bits per heavy atom. The van der Waals surface area contributed by atoms with Crippen molar-refractivity contribution in [3.8, 4) is 0 Å². The van der Waals surface area contributed by atoms with Crippen LogP contribution in [0.1, 0.15) is 30.1 Å². The first-order valence-corrected chi connectivity index (χ1v) is 5.02. The summed E-state index contributed by atoms with van der Waals surface area (Å²) < 4.78 is 5.69. The van der Waals surface area contributed by atoms with E-state index in [1.807, 2.05) is 0 Å². The van der Waals surface area contributed by atoms with E-state index in [9.17, 15) is 0 Å². The number of hydrogen-bond donors (Lipinski definition) is 1. The topological polar surface area (TPSA) is 33.1 Å². The summed E-state index contributed by atoms with van der Waals surface area (Å²) in [6.07, 6.45) is 3.63. The van der Waals surface area contributed by atoms with E-state index in [0.717, 1.165) is 12.8 Å². The van der Waals surface area contributed by atoms with E-state index in [0.29, 0.717) is 0 Å². The molecular weight excluding hydrogens is 174 g/mol. The predicted octanol–water partition coefficient (Wildman–Crippen LogP) is 2.86. The molecule has 0 radical (unpaired) electrons.